The summed E-state index contributed by atoms with van der Waals surface area (Å²) in [5.41, 5.74) is 7.28. The standard InChI is InChI=1S/C32H29BrN4O3S/c1-23-11-17-28(18-12-23)41(39,40)36-30(25-7-3-2-4-8-25)19-32(38)35-34-20-26-22-37(31-10-6-5-9-29(26)31)21-24-13-15-27(33)16-14-24/h2-18,20,22,30,36H,19,21H2,1H3,(H,35,38)/b34-20-/t30-/m0/s1. The second-order valence-corrected chi connectivity index (χ2v) is 12.4. The van der Waals surface area contributed by atoms with Gasteiger partial charge in [0.15, 0.2) is 0 Å². The molecule has 0 aliphatic carbocycles. The number of hydrogen-bond acceptors (Lipinski definition) is 4. The summed E-state index contributed by atoms with van der Waals surface area (Å²) in [7, 11) is -3.86. The number of fused-ring (bicyclic) bond motifs is 1. The third-order valence-corrected chi connectivity index (χ3v) is 8.71. The Morgan fingerprint density at radius 2 is 1.61 bits per heavy atom. The Labute approximate surface area is 248 Å². The van der Waals surface area contributed by atoms with Crippen molar-refractivity contribution in [3.05, 3.63) is 136 Å². The Kier molecular flexibility index (Phi) is 8.78. The molecule has 9 heteroatoms. The lowest BCUT2D eigenvalue weighted by Crippen LogP contribution is -2.32. The van der Waals surface area contributed by atoms with Crippen LogP contribution in [0, 0.1) is 6.92 Å². The zero-order valence-corrected chi connectivity index (χ0v) is 24.8. The highest BCUT2D eigenvalue weighted by Crippen LogP contribution is 2.23. The van der Waals surface area contributed by atoms with Gasteiger partial charge in [0.2, 0.25) is 15.9 Å². The summed E-state index contributed by atoms with van der Waals surface area (Å²) >= 11 is 3.48. The molecule has 0 bridgehead atoms. The van der Waals surface area contributed by atoms with Crippen molar-refractivity contribution < 1.29 is 13.2 Å². The molecule has 5 aromatic rings. The van der Waals surface area contributed by atoms with Gasteiger partial charge in [0.25, 0.3) is 0 Å². The number of rotatable bonds is 10. The van der Waals surface area contributed by atoms with Crippen molar-refractivity contribution in [2.75, 3.05) is 0 Å². The number of carbonyl (C=O) groups excluding carboxylic acids is 1. The van der Waals surface area contributed by atoms with E-state index in [0.29, 0.717) is 12.1 Å². The Balaban J connectivity index is 1.31. The monoisotopic (exact) mass is 628 g/mol. The number of nitrogens with one attached hydrogen (secondary N) is 2. The van der Waals surface area contributed by atoms with Crippen molar-refractivity contribution >= 4 is 49.0 Å². The van der Waals surface area contributed by atoms with Gasteiger partial charge in [-0.25, -0.2) is 18.6 Å². The molecule has 0 aliphatic rings. The molecule has 1 amide bonds. The Hall–Kier alpha value is -4.05. The van der Waals surface area contributed by atoms with Gasteiger partial charge in [-0.05, 0) is 48.4 Å². The van der Waals surface area contributed by atoms with E-state index in [1.165, 1.54) is 0 Å². The smallest absolute Gasteiger partial charge is 0.242 e. The molecule has 0 spiro atoms. The molecule has 0 saturated carbocycles. The fourth-order valence-electron chi connectivity index (χ4n) is 4.59. The Bertz CT molecular complexity index is 1780. The summed E-state index contributed by atoms with van der Waals surface area (Å²) in [4.78, 5) is 13.1. The summed E-state index contributed by atoms with van der Waals surface area (Å²) < 4.78 is 32.1. The van der Waals surface area contributed by atoms with Gasteiger partial charge >= 0.3 is 0 Å². The van der Waals surface area contributed by atoms with Crippen molar-refractivity contribution in [3.8, 4) is 0 Å². The summed E-state index contributed by atoms with van der Waals surface area (Å²) in [6.07, 6.45) is 3.49. The van der Waals surface area contributed by atoms with Gasteiger partial charge in [-0.15, -0.1) is 0 Å². The molecule has 0 aliphatic heterocycles. The molecule has 1 heterocycles. The fourth-order valence-corrected chi connectivity index (χ4v) is 6.07. The normalized spacial score (nSPS) is 12.5. The molecule has 0 radical (unpaired) electrons. The van der Waals surface area contributed by atoms with Crippen LogP contribution in [0.5, 0.6) is 0 Å². The third-order valence-electron chi connectivity index (χ3n) is 6.70. The summed E-state index contributed by atoms with van der Waals surface area (Å²) in [6.45, 7) is 2.58. The van der Waals surface area contributed by atoms with Gasteiger partial charge in [-0.1, -0.05) is 94.3 Å². The van der Waals surface area contributed by atoms with Crippen molar-refractivity contribution in [1.29, 1.82) is 0 Å². The van der Waals surface area contributed by atoms with Crippen LogP contribution in [0.25, 0.3) is 10.9 Å². The van der Waals surface area contributed by atoms with Crippen LogP contribution in [0.1, 0.15) is 34.7 Å². The number of hydrogen-bond donors (Lipinski definition) is 2. The lowest BCUT2D eigenvalue weighted by atomic mass is 10.0. The predicted molar refractivity (Wildman–Crippen MR) is 166 cm³/mol. The number of benzene rings is 4. The maximum absolute atomic E-state index is 13.1. The van der Waals surface area contributed by atoms with Crippen LogP contribution in [-0.4, -0.2) is 25.1 Å². The molecule has 0 saturated heterocycles. The van der Waals surface area contributed by atoms with Gasteiger partial charge in [0.1, 0.15) is 0 Å². The Morgan fingerprint density at radius 3 is 2.34 bits per heavy atom. The van der Waals surface area contributed by atoms with Crippen LogP contribution < -0.4 is 10.1 Å². The maximum atomic E-state index is 13.1. The number of sulfonamides is 1. The van der Waals surface area contributed by atoms with Crippen LogP contribution in [0.3, 0.4) is 0 Å². The number of halogens is 1. The minimum atomic E-state index is -3.86. The maximum Gasteiger partial charge on any atom is 0.242 e. The van der Waals surface area contributed by atoms with Crippen LogP contribution in [0.15, 0.2) is 124 Å². The highest BCUT2D eigenvalue weighted by molar-refractivity contribution is 9.10. The van der Waals surface area contributed by atoms with Crippen molar-refractivity contribution in [1.82, 2.24) is 14.7 Å². The highest BCUT2D eigenvalue weighted by atomic mass is 79.9. The number of amides is 1. The second-order valence-electron chi connectivity index (χ2n) is 9.75. The molecular formula is C32H29BrN4O3S. The average Bonchev–Trinajstić information content (AvgIpc) is 3.31. The number of aryl methyl sites for hydroxylation is 1. The van der Waals surface area contributed by atoms with E-state index in [9.17, 15) is 13.2 Å². The van der Waals surface area contributed by atoms with E-state index in [2.05, 4.69) is 53.9 Å². The lowest BCUT2D eigenvalue weighted by Gasteiger charge is -2.18. The topological polar surface area (TPSA) is 92.6 Å². The SMILES string of the molecule is Cc1ccc(S(=O)(=O)N[C@@H](CC(=O)N/N=C\c2cn(Cc3ccc(Br)cc3)c3ccccc23)c2ccccc2)cc1. The molecule has 41 heavy (non-hydrogen) atoms. The molecule has 1 atom stereocenters. The molecular weight excluding hydrogens is 600 g/mol. The zero-order chi connectivity index (χ0) is 28.8. The van der Waals surface area contributed by atoms with Crippen molar-refractivity contribution in [3.63, 3.8) is 0 Å². The summed E-state index contributed by atoms with van der Waals surface area (Å²) in [6, 6.07) is 31.0. The van der Waals surface area contributed by atoms with Crippen LogP contribution >= 0.6 is 15.9 Å². The summed E-state index contributed by atoms with van der Waals surface area (Å²) in [5, 5.41) is 5.22. The van der Waals surface area contributed by atoms with Crippen molar-refractivity contribution in [2.24, 2.45) is 5.10 Å². The molecule has 4 aromatic carbocycles. The van der Waals surface area contributed by atoms with Crippen LogP contribution in [-0.2, 0) is 21.4 Å². The number of hydrazone groups is 1. The van der Waals surface area contributed by atoms with Gasteiger partial charge in [0.05, 0.1) is 17.2 Å². The minimum absolute atomic E-state index is 0.127. The molecule has 7 nitrogen and oxygen atoms in total. The molecule has 0 unspecified atom stereocenters. The molecule has 208 valence electrons. The quantitative estimate of drug-likeness (QED) is 0.140. The van der Waals surface area contributed by atoms with E-state index < -0.39 is 22.0 Å². The molecule has 5 rings (SSSR count). The van der Waals surface area contributed by atoms with Gasteiger partial charge < -0.3 is 4.57 Å². The number of aromatic nitrogens is 1. The van der Waals surface area contributed by atoms with Crippen LogP contribution in [0.2, 0.25) is 0 Å². The lowest BCUT2D eigenvalue weighted by molar-refractivity contribution is -0.121. The zero-order valence-electron chi connectivity index (χ0n) is 22.4. The molecule has 0 fully saturated rings. The first-order chi connectivity index (χ1) is 19.8. The molecule has 1 aromatic heterocycles. The summed E-state index contributed by atoms with van der Waals surface area (Å²) in [5.74, 6) is -0.416. The van der Waals surface area contributed by atoms with E-state index >= 15 is 0 Å². The largest absolute Gasteiger partial charge is 0.342 e. The first-order valence-corrected chi connectivity index (χ1v) is 15.3. The fraction of sp³-hybridized carbons (Fsp3) is 0.125. The average molecular weight is 630 g/mol. The number of nitrogens with zero attached hydrogens (tertiary/aromatic N) is 2. The van der Waals surface area contributed by atoms with Gasteiger partial charge in [-0.2, -0.15) is 5.10 Å². The van der Waals surface area contributed by atoms with E-state index in [-0.39, 0.29) is 11.3 Å². The Morgan fingerprint density at radius 1 is 0.927 bits per heavy atom. The van der Waals surface area contributed by atoms with Gasteiger partial charge in [-0.3, -0.25) is 4.79 Å². The van der Waals surface area contributed by atoms with Crippen molar-refractivity contribution in [2.45, 2.75) is 30.8 Å². The van der Waals surface area contributed by atoms with Crippen LogP contribution in [0.4, 0.5) is 0 Å². The predicted octanol–water partition coefficient (Wildman–Crippen LogP) is 6.32. The minimum Gasteiger partial charge on any atom is -0.342 e. The third kappa shape index (κ3) is 7.18. The number of para-hydroxylation sites is 1. The first-order valence-electron chi connectivity index (χ1n) is 13.1. The van der Waals surface area contributed by atoms with E-state index in [1.54, 1.807) is 42.6 Å². The van der Waals surface area contributed by atoms with E-state index in [4.69, 9.17) is 0 Å². The van der Waals surface area contributed by atoms with Gasteiger partial charge in [0, 0.05) is 40.1 Å². The molecule has 2 N–H and O–H groups in total. The first kappa shape index (κ1) is 28.5. The second kappa shape index (κ2) is 12.6. The van der Waals surface area contributed by atoms with E-state index in [0.717, 1.165) is 32.1 Å². The highest BCUT2D eigenvalue weighted by Gasteiger charge is 2.23. The number of carbonyl (C=O) groups is 1. The van der Waals surface area contributed by atoms with E-state index in [1.807, 2.05) is 61.7 Å².